The molecule has 1 amide bonds. The Labute approximate surface area is 124 Å². The van der Waals surface area contributed by atoms with E-state index in [1.807, 2.05) is 0 Å². The van der Waals surface area contributed by atoms with Gasteiger partial charge in [-0.3, -0.25) is 4.79 Å². The van der Waals surface area contributed by atoms with E-state index in [4.69, 9.17) is 46.3 Å². The van der Waals surface area contributed by atoms with E-state index in [0.29, 0.717) is 21.6 Å². The number of aromatic nitrogens is 2. The van der Waals surface area contributed by atoms with Crippen LogP contribution in [0.15, 0.2) is 18.5 Å². The number of primary amides is 1. The highest BCUT2D eigenvalue weighted by Crippen LogP contribution is 2.31. The molecule has 1 aromatic carbocycles. The van der Waals surface area contributed by atoms with Gasteiger partial charge in [-0.05, 0) is 17.7 Å². The molecule has 0 atom stereocenters. The zero-order chi connectivity index (χ0) is 14.2. The summed E-state index contributed by atoms with van der Waals surface area (Å²) in [5, 5.41) is 0.986. The van der Waals surface area contributed by atoms with Gasteiger partial charge in [0.15, 0.2) is 5.69 Å². The Hall–Kier alpha value is -1.43. The molecule has 100 valence electrons. The fraction of sp³-hybridized carbons (Fsp3) is 0.0909. The number of nitrogens with zero attached hydrogens (tertiary/aromatic N) is 2. The molecule has 0 spiro atoms. The molecule has 4 N–H and O–H groups in total. The second-order valence-electron chi connectivity index (χ2n) is 3.84. The van der Waals surface area contributed by atoms with E-state index in [1.165, 1.54) is 6.33 Å². The Kier molecular flexibility index (Phi) is 3.89. The average molecular weight is 320 g/mol. The average Bonchev–Trinajstić information content (AvgIpc) is 2.68. The Morgan fingerprint density at radius 2 is 1.84 bits per heavy atom. The molecule has 0 fully saturated rings. The zero-order valence-corrected chi connectivity index (χ0v) is 11.8. The van der Waals surface area contributed by atoms with Crippen molar-refractivity contribution >= 4 is 46.5 Å². The molecule has 2 aromatic rings. The van der Waals surface area contributed by atoms with Crippen LogP contribution in [-0.4, -0.2) is 15.5 Å². The standard InChI is InChI=1S/C11H9Cl3N4O/c12-6-1-5(2-7(13)8(6)14)3-18-4-17-9(10(18)15)11(16)19/h1-2,4H,3,15H2,(H2,16,19). The van der Waals surface area contributed by atoms with Gasteiger partial charge in [-0.1, -0.05) is 34.8 Å². The van der Waals surface area contributed by atoms with Crippen LogP contribution in [0.1, 0.15) is 16.1 Å². The summed E-state index contributed by atoms with van der Waals surface area (Å²) in [5.41, 5.74) is 11.7. The first-order chi connectivity index (χ1) is 8.90. The van der Waals surface area contributed by atoms with E-state index in [2.05, 4.69) is 4.98 Å². The predicted molar refractivity (Wildman–Crippen MR) is 75.7 cm³/mol. The maximum absolute atomic E-state index is 11.0. The molecule has 0 aliphatic rings. The van der Waals surface area contributed by atoms with Crippen molar-refractivity contribution < 1.29 is 4.79 Å². The van der Waals surface area contributed by atoms with Crippen LogP contribution in [0.2, 0.25) is 15.1 Å². The molecule has 0 saturated carbocycles. The number of nitrogen functional groups attached to an aromatic ring is 1. The number of carbonyl (C=O) groups is 1. The van der Waals surface area contributed by atoms with Gasteiger partial charge < -0.3 is 16.0 Å². The molecule has 0 bridgehead atoms. The maximum atomic E-state index is 11.0. The minimum Gasteiger partial charge on any atom is -0.383 e. The fourth-order valence-corrected chi connectivity index (χ4v) is 2.24. The van der Waals surface area contributed by atoms with Crippen LogP contribution in [0, 0.1) is 0 Å². The van der Waals surface area contributed by atoms with E-state index in [0.717, 1.165) is 5.56 Å². The summed E-state index contributed by atoms with van der Waals surface area (Å²) in [6.45, 7) is 0.350. The van der Waals surface area contributed by atoms with Gasteiger partial charge in [0.1, 0.15) is 5.82 Å². The number of hydrogen-bond acceptors (Lipinski definition) is 3. The predicted octanol–water partition coefficient (Wildman–Crippen LogP) is 2.57. The highest BCUT2D eigenvalue weighted by molar-refractivity contribution is 6.48. The third-order valence-electron chi connectivity index (χ3n) is 2.51. The Morgan fingerprint density at radius 1 is 1.26 bits per heavy atom. The SMILES string of the molecule is NC(=O)c1ncn(Cc2cc(Cl)c(Cl)c(Cl)c2)c1N. The lowest BCUT2D eigenvalue weighted by atomic mass is 10.2. The first-order valence-corrected chi connectivity index (χ1v) is 6.27. The summed E-state index contributed by atoms with van der Waals surface area (Å²) in [5.74, 6) is -0.488. The van der Waals surface area contributed by atoms with Gasteiger partial charge in [-0.25, -0.2) is 4.98 Å². The van der Waals surface area contributed by atoms with Crippen molar-refractivity contribution in [1.82, 2.24) is 9.55 Å². The third-order valence-corrected chi connectivity index (χ3v) is 3.71. The van der Waals surface area contributed by atoms with Gasteiger partial charge in [0, 0.05) is 0 Å². The molecule has 0 aliphatic heterocycles. The van der Waals surface area contributed by atoms with E-state index in [9.17, 15) is 4.79 Å². The lowest BCUT2D eigenvalue weighted by Gasteiger charge is -2.08. The number of rotatable bonds is 3. The summed E-state index contributed by atoms with van der Waals surface area (Å²) in [4.78, 5) is 14.9. The molecule has 2 rings (SSSR count). The van der Waals surface area contributed by atoms with Crippen LogP contribution in [0.3, 0.4) is 0 Å². The minimum atomic E-state index is -0.677. The van der Waals surface area contributed by atoms with Crippen molar-refractivity contribution in [3.8, 4) is 0 Å². The topological polar surface area (TPSA) is 86.9 Å². The minimum absolute atomic E-state index is 0.0335. The van der Waals surface area contributed by atoms with E-state index >= 15 is 0 Å². The highest BCUT2D eigenvalue weighted by atomic mass is 35.5. The number of hydrogen-bond donors (Lipinski definition) is 2. The first-order valence-electron chi connectivity index (χ1n) is 5.14. The zero-order valence-electron chi connectivity index (χ0n) is 9.53. The fourth-order valence-electron chi connectivity index (χ4n) is 1.60. The molecule has 19 heavy (non-hydrogen) atoms. The highest BCUT2D eigenvalue weighted by Gasteiger charge is 2.13. The lowest BCUT2D eigenvalue weighted by molar-refractivity contribution is 0.0997. The molecular formula is C11H9Cl3N4O. The Bertz CT molecular complexity index is 630. The van der Waals surface area contributed by atoms with E-state index in [-0.39, 0.29) is 11.5 Å². The summed E-state index contributed by atoms with van der Waals surface area (Å²) < 4.78 is 1.57. The molecule has 5 nitrogen and oxygen atoms in total. The van der Waals surface area contributed by atoms with Crippen LogP contribution >= 0.6 is 34.8 Å². The van der Waals surface area contributed by atoms with Gasteiger partial charge in [0.25, 0.3) is 5.91 Å². The first kappa shape index (κ1) is 14.0. The number of imidazole rings is 1. The van der Waals surface area contributed by atoms with Crippen molar-refractivity contribution in [3.63, 3.8) is 0 Å². The third kappa shape index (κ3) is 2.78. The second kappa shape index (κ2) is 5.28. The molecule has 0 unspecified atom stereocenters. The Balaban J connectivity index is 2.34. The van der Waals surface area contributed by atoms with Gasteiger partial charge in [0.05, 0.1) is 27.9 Å². The molecule has 1 aromatic heterocycles. The van der Waals surface area contributed by atoms with Crippen molar-refractivity contribution in [2.45, 2.75) is 6.54 Å². The van der Waals surface area contributed by atoms with Gasteiger partial charge >= 0.3 is 0 Å². The smallest absolute Gasteiger partial charge is 0.271 e. The maximum Gasteiger partial charge on any atom is 0.271 e. The summed E-state index contributed by atoms with van der Waals surface area (Å²) in [7, 11) is 0. The summed E-state index contributed by atoms with van der Waals surface area (Å²) >= 11 is 17.7. The molecule has 0 aliphatic carbocycles. The van der Waals surface area contributed by atoms with Crippen molar-refractivity contribution in [2.75, 3.05) is 5.73 Å². The number of carbonyl (C=O) groups excluding carboxylic acids is 1. The van der Waals surface area contributed by atoms with E-state index < -0.39 is 5.91 Å². The molecule has 8 heteroatoms. The van der Waals surface area contributed by atoms with Crippen LogP contribution in [-0.2, 0) is 6.54 Å². The van der Waals surface area contributed by atoms with Gasteiger partial charge in [-0.2, -0.15) is 0 Å². The second-order valence-corrected chi connectivity index (χ2v) is 5.04. The lowest BCUT2D eigenvalue weighted by Crippen LogP contribution is -2.14. The number of benzene rings is 1. The van der Waals surface area contributed by atoms with Gasteiger partial charge in [0.2, 0.25) is 0 Å². The monoisotopic (exact) mass is 318 g/mol. The molecular weight excluding hydrogens is 311 g/mol. The number of anilines is 1. The normalized spacial score (nSPS) is 10.7. The number of nitrogens with two attached hydrogens (primary N) is 2. The van der Waals surface area contributed by atoms with Gasteiger partial charge in [-0.15, -0.1) is 0 Å². The number of halogens is 3. The van der Waals surface area contributed by atoms with Crippen molar-refractivity contribution in [2.24, 2.45) is 5.73 Å². The van der Waals surface area contributed by atoms with Crippen LogP contribution in [0.4, 0.5) is 5.82 Å². The Morgan fingerprint density at radius 3 is 2.32 bits per heavy atom. The molecule has 0 radical (unpaired) electrons. The molecule has 1 heterocycles. The van der Waals surface area contributed by atoms with Crippen molar-refractivity contribution in [3.05, 3.63) is 44.8 Å². The summed E-state index contributed by atoms with van der Waals surface area (Å²) in [6, 6.07) is 3.33. The van der Waals surface area contributed by atoms with E-state index in [1.54, 1.807) is 16.7 Å². The largest absolute Gasteiger partial charge is 0.383 e. The van der Waals surface area contributed by atoms with Crippen molar-refractivity contribution in [1.29, 1.82) is 0 Å². The van der Waals surface area contributed by atoms with Crippen LogP contribution in [0.5, 0.6) is 0 Å². The van der Waals surface area contributed by atoms with Crippen LogP contribution < -0.4 is 11.5 Å². The quantitative estimate of drug-likeness (QED) is 0.852. The number of amides is 1. The molecule has 0 saturated heterocycles. The van der Waals surface area contributed by atoms with Crippen LogP contribution in [0.25, 0.3) is 0 Å². The summed E-state index contributed by atoms with van der Waals surface area (Å²) in [6.07, 6.45) is 1.42.